The average molecular weight is 237 g/mol. The van der Waals surface area contributed by atoms with Crippen LogP contribution in [0.5, 0.6) is 0 Å². The summed E-state index contributed by atoms with van der Waals surface area (Å²) in [5.74, 6) is 2.26. The van der Waals surface area contributed by atoms with Gasteiger partial charge in [-0.05, 0) is 45.2 Å². The molecule has 0 aromatic heterocycles. The van der Waals surface area contributed by atoms with E-state index in [2.05, 4.69) is 16.9 Å². The van der Waals surface area contributed by atoms with Crippen LogP contribution in [0.25, 0.3) is 0 Å². The van der Waals surface area contributed by atoms with E-state index in [9.17, 15) is 0 Å². The van der Waals surface area contributed by atoms with Gasteiger partial charge in [-0.3, -0.25) is 4.99 Å². The van der Waals surface area contributed by atoms with Crippen molar-refractivity contribution in [3.8, 4) is 0 Å². The van der Waals surface area contributed by atoms with Crippen molar-refractivity contribution in [2.45, 2.75) is 44.9 Å². The van der Waals surface area contributed by atoms with Gasteiger partial charge in [-0.2, -0.15) is 0 Å². The fraction of sp³-hybridized carbons (Fsp3) is 0.929. The van der Waals surface area contributed by atoms with Crippen molar-refractivity contribution in [2.75, 3.05) is 26.7 Å². The molecular weight excluding hydrogens is 210 g/mol. The second-order valence-corrected chi connectivity index (χ2v) is 5.87. The van der Waals surface area contributed by atoms with E-state index in [1.807, 2.05) is 0 Å². The summed E-state index contributed by atoms with van der Waals surface area (Å²) < 4.78 is 0. The molecule has 1 unspecified atom stereocenters. The van der Waals surface area contributed by atoms with Crippen molar-refractivity contribution < 1.29 is 0 Å². The lowest BCUT2D eigenvalue weighted by atomic mass is 9.88. The molecule has 1 saturated carbocycles. The zero-order chi connectivity index (χ0) is 12.1. The second-order valence-electron chi connectivity index (χ2n) is 5.87. The predicted molar refractivity (Wildman–Crippen MR) is 73.3 cm³/mol. The molecule has 0 spiro atoms. The quantitative estimate of drug-likeness (QED) is 0.604. The van der Waals surface area contributed by atoms with Gasteiger partial charge in [0.15, 0.2) is 0 Å². The van der Waals surface area contributed by atoms with E-state index >= 15 is 0 Å². The van der Waals surface area contributed by atoms with Gasteiger partial charge in [0.1, 0.15) is 0 Å². The summed E-state index contributed by atoms with van der Waals surface area (Å²) >= 11 is 0. The Labute approximate surface area is 105 Å². The number of amidine groups is 1. The smallest absolute Gasteiger partial charge is 0.0968 e. The Morgan fingerprint density at radius 3 is 2.65 bits per heavy atom. The third-order valence-electron chi connectivity index (χ3n) is 4.28. The van der Waals surface area contributed by atoms with Crippen LogP contribution in [0.3, 0.4) is 0 Å². The van der Waals surface area contributed by atoms with E-state index < -0.39 is 0 Å². The Bertz CT molecular complexity index is 256. The minimum absolute atomic E-state index is 0.588. The maximum absolute atomic E-state index is 6.14. The molecule has 17 heavy (non-hydrogen) atoms. The molecule has 2 rings (SSSR count). The molecule has 1 atom stereocenters. The summed E-state index contributed by atoms with van der Waals surface area (Å²) in [6.45, 7) is 3.40. The van der Waals surface area contributed by atoms with Crippen LogP contribution in [0.1, 0.15) is 44.9 Å². The molecule has 0 bridgehead atoms. The third kappa shape index (κ3) is 3.98. The molecule has 0 aromatic rings. The largest absolute Gasteiger partial charge is 0.387 e. The van der Waals surface area contributed by atoms with Crippen LogP contribution in [-0.2, 0) is 0 Å². The predicted octanol–water partition coefficient (Wildman–Crippen LogP) is 2.27. The molecule has 3 heteroatoms. The molecule has 1 heterocycles. The number of rotatable bonds is 3. The highest BCUT2D eigenvalue weighted by molar-refractivity contribution is 5.82. The van der Waals surface area contributed by atoms with Crippen LogP contribution in [-0.4, -0.2) is 37.4 Å². The Morgan fingerprint density at radius 2 is 1.94 bits per heavy atom. The molecule has 3 nitrogen and oxygen atoms in total. The first-order valence-electron chi connectivity index (χ1n) is 7.24. The van der Waals surface area contributed by atoms with Crippen LogP contribution < -0.4 is 5.73 Å². The zero-order valence-corrected chi connectivity index (χ0v) is 11.2. The second kappa shape index (κ2) is 6.39. The lowest BCUT2D eigenvalue weighted by Crippen LogP contribution is -2.34. The van der Waals surface area contributed by atoms with Gasteiger partial charge < -0.3 is 10.6 Å². The van der Waals surface area contributed by atoms with E-state index in [0.29, 0.717) is 5.92 Å². The summed E-state index contributed by atoms with van der Waals surface area (Å²) in [4.78, 5) is 7.09. The van der Waals surface area contributed by atoms with E-state index in [0.717, 1.165) is 18.3 Å². The Balaban J connectivity index is 1.78. The number of piperidine rings is 1. The number of likely N-dealkylation sites (tertiary alicyclic amines) is 1. The minimum atomic E-state index is 0.588. The van der Waals surface area contributed by atoms with Crippen LogP contribution >= 0.6 is 0 Å². The Hall–Kier alpha value is -0.570. The monoisotopic (exact) mass is 237 g/mol. The number of hydrogen-bond donors (Lipinski definition) is 1. The highest BCUT2D eigenvalue weighted by Crippen LogP contribution is 2.24. The van der Waals surface area contributed by atoms with Crippen LogP contribution in [0.4, 0.5) is 0 Å². The van der Waals surface area contributed by atoms with Gasteiger partial charge in [0.2, 0.25) is 0 Å². The lowest BCUT2D eigenvalue weighted by Gasteiger charge is -2.29. The molecule has 0 radical (unpaired) electrons. The first-order chi connectivity index (χ1) is 8.25. The van der Waals surface area contributed by atoms with Gasteiger partial charge in [0.05, 0.1) is 5.84 Å². The van der Waals surface area contributed by atoms with Crippen LogP contribution in [0.2, 0.25) is 0 Å². The molecule has 0 aromatic carbocycles. The molecule has 2 fully saturated rings. The highest BCUT2D eigenvalue weighted by atomic mass is 15.1. The Kier molecular flexibility index (Phi) is 4.84. The standard InChI is InChI=1S/C14H27N3/c1-17-9-5-6-12(11-17)10-16-14(15)13-7-3-2-4-8-13/h12-13H,2-11H2,1H3,(H2,15,16). The van der Waals surface area contributed by atoms with Gasteiger partial charge in [0, 0.05) is 19.0 Å². The summed E-state index contributed by atoms with van der Waals surface area (Å²) in [7, 11) is 2.21. The van der Waals surface area contributed by atoms with Gasteiger partial charge in [-0.25, -0.2) is 0 Å². The lowest BCUT2D eigenvalue weighted by molar-refractivity contribution is 0.214. The highest BCUT2D eigenvalue weighted by Gasteiger charge is 2.19. The first kappa shape index (κ1) is 12.9. The number of hydrogen-bond acceptors (Lipinski definition) is 2. The molecule has 2 N–H and O–H groups in total. The minimum Gasteiger partial charge on any atom is -0.387 e. The van der Waals surface area contributed by atoms with Crippen molar-refractivity contribution in [1.82, 2.24) is 4.90 Å². The van der Waals surface area contributed by atoms with E-state index in [4.69, 9.17) is 5.73 Å². The van der Waals surface area contributed by atoms with Crippen molar-refractivity contribution in [3.63, 3.8) is 0 Å². The van der Waals surface area contributed by atoms with Crippen molar-refractivity contribution in [2.24, 2.45) is 22.6 Å². The summed E-state index contributed by atoms with van der Waals surface area (Å²) in [5.41, 5.74) is 6.14. The molecule has 1 aliphatic carbocycles. The maximum atomic E-state index is 6.14. The molecule has 1 aliphatic heterocycles. The van der Waals surface area contributed by atoms with E-state index in [1.165, 1.54) is 58.0 Å². The van der Waals surface area contributed by atoms with Crippen molar-refractivity contribution in [3.05, 3.63) is 0 Å². The average Bonchev–Trinajstić information content (AvgIpc) is 2.37. The SMILES string of the molecule is CN1CCCC(CN=C(N)C2CCCCC2)C1. The van der Waals surface area contributed by atoms with Gasteiger partial charge in [0.25, 0.3) is 0 Å². The number of nitrogens with zero attached hydrogens (tertiary/aromatic N) is 2. The van der Waals surface area contributed by atoms with E-state index in [1.54, 1.807) is 0 Å². The normalized spacial score (nSPS) is 29.5. The number of nitrogens with two attached hydrogens (primary N) is 1. The van der Waals surface area contributed by atoms with Crippen LogP contribution in [0.15, 0.2) is 4.99 Å². The van der Waals surface area contributed by atoms with E-state index in [-0.39, 0.29) is 0 Å². The van der Waals surface area contributed by atoms with Crippen molar-refractivity contribution in [1.29, 1.82) is 0 Å². The molecule has 1 saturated heterocycles. The topological polar surface area (TPSA) is 41.6 Å². The fourth-order valence-corrected chi connectivity index (χ4v) is 3.18. The van der Waals surface area contributed by atoms with Gasteiger partial charge in [-0.15, -0.1) is 0 Å². The first-order valence-corrected chi connectivity index (χ1v) is 7.24. The van der Waals surface area contributed by atoms with Gasteiger partial charge >= 0.3 is 0 Å². The molecule has 98 valence electrons. The van der Waals surface area contributed by atoms with Crippen LogP contribution in [0, 0.1) is 11.8 Å². The molecule has 0 amide bonds. The summed E-state index contributed by atoms with van der Waals surface area (Å²) in [6.07, 6.45) is 9.24. The summed E-state index contributed by atoms with van der Waals surface area (Å²) in [5, 5.41) is 0. The van der Waals surface area contributed by atoms with Crippen molar-refractivity contribution >= 4 is 5.84 Å². The maximum Gasteiger partial charge on any atom is 0.0968 e. The fourth-order valence-electron chi connectivity index (χ4n) is 3.18. The zero-order valence-electron chi connectivity index (χ0n) is 11.2. The molecular formula is C14H27N3. The number of aliphatic imine (C=N–C) groups is 1. The third-order valence-corrected chi connectivity index (χ3v) is 4.28. The Morgan fingerprint density at radius 1 is 1.18 bits per heavy atom. The van der Waals surface area contributed by atoms with Gasteiger partial charge in [-0.1, -0.05) is 19.3 Å². The summed E-state index contributed by atoms with van der Waals surface area (Å²) in [6, 6.07) is 0. The molecule has 2 aliphatic rings.